The van der Waals surface area contributed by atoms with E-state index in [1.807, 2.05) is 14.1 Å². The number of nitrogens with one attached hydrogen (secondary N) is 1. The van der Waals surface area contributed by atoms with Gasteiger partial charge in [0, 0.05) is 20.5 Å². The Hall–Kier alpha value is -0.870. The van der Waals surface area contributed by atoms with E-state index in [0.29, 0.717) is 23.2 Å². The number of aliphatic hydroxyl groups excluding tert-OH is 1. The second kappa shape index (κ2) is 10.2. The van der Waals surface area contributed by atoms with Gasteiger partial charge in [0.05, 0.1) is 6.10 Å². The first-order valence-corrected chi connectivity index (χ1v) is 14.4. The number of aliphatic hydroxyl groups is 1. The predicted octanol–water partition coefficient (Wildman–Crippen LogP) is 6.35. The molecule has 0 heterocycles. The molecule has 0 bridgehead atoms. The second-order valence-corrected chi connectivity index (χ2v) is 13.5. The summed E-state index contributed by atoms with van der Waals surface area (Å²) in [4.78, 5) is 12.0. The lowest BCUT2D eigenvalue weighted by molar-refractivity contribution is -0.125. The van der Waals surface area contributed by atoms with Crippen molar-refractivity contribution >= 4 is 5.91 Å². The van der Waals surface area contributed by atoms with Crippen LogP contribution >= 0.6 is 0 Å². The van der Waals surface area contributed by atoms with Crippen molar-refractivity contribution in [2.45, 2.75) is 111 Å². The maximum Gasteiger partial charge on any atom is 0.234 e. The Bertz CT molecular complexity index is 763. The number of amides is 1. The van der Waals surface area contributed by atoms with Crippen LogP contribution in [-0.4, -0.2) is 36.2 Å². The van der Waals surface area contributed by atoms with E-state index in [0.717, 1.165) is 48.9 Å². The van der Waals surface area contributed by atoms with Crippen molar-refractivity contribution in [2.24, 2.45) is 46.3 Å². The molecule has 4 nitrogen and oxygen atoms in total. The van der Waals surface area contributed by atoms with Crippen molar-refractivity contribution in [3.8, 4) is 0 Å². The van der Waals surface area contributed by atoms with Gasteiger partial charge in [0.25, 0.3) is 0 Å². The third-order valence-corrected chi connectivity index (χ3v) is 11.1. The van der Waals surface area contributed by atoms with Crippen molar-refractivity contribution in [1.29, 1.82) is 0 Å². The first-order valence-electron chi connectivity index (χ1n) is 14.4. The van der Waals surface area contributed by atoms with Gasteiger partial charge in [-0.25, -0.2) is 5.01 Å². The van der Waals surface area contributed by atoms with Crippen LogP contribution in [0.5, 0.6) is 0 Å². The van der Waals surface area contributed by atoms with Gasteiger partial charge in [0.15, 0.2) is 0 Å². The summed E-state index contributed by atoms with van der Waals surface area (Å²) in [6.45, 7) is 9.95. The van der Waals surface area contributed by atoms with E-state index >= 15 is 0 Å². The third-order valence-electron chi connectivity index (χ3n) is 11.1. The lowest BCUT2D eigenvalue weighted by Gasteiger charge is -2.58. The summed E-state index contributed by atoms with van der Waals surface area (Å²) in [5.41, 5.74) is 5.32. The number of carbonyl (C=O) groups is 1. The van der Waals surface area contributed by atoms with Crippen LogP contribution < -0.4 is 5.43 Å². The lowest BCUT2D eigenvalue weighted by Crippen LogP contribution is -2.50. The maximum atomic E-state index is 12.0. The number of rotatable bonds is 8. The van der Waals surface area contributed by atoms with Crippen LogP contribution in [0.1, 0.15) is 105 Å². The molecule has 3 fully saturated rings. The molecule has 0 aliphatic heterocycles. The van der Waals surface area contributed by atoms with Gasteiger partial charge >= 0.3 is 0 Å². The Morgan fingerprint density at radius 2 is 1.88 bits per heavy atom. The van der Waals surface area contributed by atoms with Crippen LogP contribution in [0.25, 0.3) is 0 Å². The van der Waals surface area contributed by atoms with Crippen molar-refractivity contribution in [3.63, 3.8) is 0 Å². The summed E-state index contributed by atoms with van der Waals surface area (Å²) in [5, 5.41) is 12.0. The second-order valence-electron chi connectivity index (χ2n) is 13.5. The predicted molar refractivity (Wildman–Crippen MR) is 140 cm³/mol. The molecule has 194 valence electrons. The van der Waals surface area contributed by atoms with E-state index in [1.54, 1.807) is 10.6 Å². The smallest absolute Gasteiger partial charge is 0.234 e. The zero-order valence-electron chi connectivity index (χ0n) is 22.9. The number of carbonyl (C=O) groups excluding carboxylic acids is 1. The van der Waals surface area contributed by atoms with Crippen LogP contribution in [-0.2, 0) is 4.79 Å². The van der Waals surface area contributed by atoms with Gasteiger partial charge < -0.3 is 5.11 Å². The van der Waals surface area contributed by atoms with Crippen molar-refractivity contribution in [1.82, 2.24) is 10.4 Å². The molecular formula is C30H52N2O2. The van der Waals surface area contributed by atoms with E-state index in [4.69, 9.17) is 0 Å². The van der Waals surface area contributed by atoms with Crippen LogP contribution in [0.3, 0.4) is 0 Å². The van der Waals surface area contributed by atoms with E-state index in [1.165, 1.54) is 51.4 Å². The van der Waals surface area contributed by atoms with Crippen molar-refractivity contribution < 1.29 is 9.90 Å². The van der Waals surface area contributed by atoms with Crippen molar-refractivity contribution in [3.05, 3.63) is 11.6 Å². The first kappa shape index (κ1) is 26.2. The Morgan fingerprint density at radius 1 is 1.12 bits per heavy atom. The molecule has 0 aromatic heterocycles. The minimum Gasteiger partial charge on any atom is -0.393 e. The Labute approximate surface area is 209 Å². The van der Waals surface area contributed by atoms with Crippen LogP contribution in [0.4, 0.5) is 0 Å². The third kappa shape index (κ3) is 5.01. The fourth-order valence-electron chi connectivity index (χ4n) is 9.32. The minimum absolute atomic E-state index is 0.105. The molecule has 1 unspecified atom stereocenters. The normalized spacial score (nSPS) is 41.2. The molecule has 1 amide bonds. The van der Waals surface area contributed by atoms with E-state index in [9.17, 15) is 9.90 Å². The Kier molecular flexibility index (Phi) is 7.89. The average molecular weight is 473 g/mol. The Balaban J connectivity index is 1.33. The molecule has 2 N–H and O–H groups in total. The standard InChI is InChI=1S/C30H52N2O2/c1-20(18-28(34)31-32(5)6)8-7-9-21(2)25-12-13-26-24-11-10-22-19-23(33)14-16-29(22,3)27(24)15-17-30(25,26)4/h10,20-21,23-27,33H,7-9,11-19H2,1-6H3,(H,31,34)/t20?,21-,23+,24+,25-,26+,27+,29+,30-/m1/s1. The first-order chi connectivity index (χ1) is 16.0. The van der Waals surface area contributed by atoms with Gasteiger partial charge in [-0.3, -0.25) is 10.2 Å². The summed E-state index contributed by atoms with van der Waals surface area (Å²) in [5.74, 6) is 4.80. The average Bonchev–Trinajstić information content (AvgIpc) is 3.10. The van der Waals surface area contributed by atoms with Gasteiger partial charge in [0.2, 0.25) is 5.91 Å². The molecule has 0 spiro atoms. The highest BCUT2D eigenvalue weighted by atomic mass is 16.3. The van der Waals surface area contributed by atoms with Gasteiger partial charge in [0.1, 0.15) is 0 Å². The fraction of sp³-hybridized carbons (Fsp3) is 0.900. The number of fused-ring (bicyclic) bond motifs is 5. The van der Waals surface area contributed by atoms with Gasteiger partial charge in [-0.1, -0.05) is 58.6 Å². The van der Waals surface area contributed by atoms with Crippen LogP contribution in [0, 0.1) is 46.3 Å². The topological polar surface area (TPSA) is 52.6 Å². The molecule has 9 atom stereocenters. The minimum atomic E-state index is -0.105. The monoisotopic (exact) mass is 472 g/mol. The zero-order chi connectivity index (χ0) is 24.7. The molecule has 4 aliphatic rings. The lowest BCUT2D eigenvalue weighted by atomic mass is 9.47. The molecule has 0 radical (unpaired) electrons. The van der Waals surface area contributed by atoms with E-state index < -0.39 is 0 Å². The highest BCUT2D eigenvalue weighted by Gasteiger charge is 2.59. The molecule has 0 aromatic rings. The zero-order valence-corrected chi connectivity index (χ0v) is 22.9. The molecule has 34 heavy (non-hydrogen) atoms. The van der Waals surface area contributed by atoms with Crippen LogP contribution in [0.2, 0.25) is 0 Å². The number of hydrogen-bond acceptors (Lipinski definition) is 3. The van der Waals surface area contributed by atoms with Gasteiger partial charge in [-0.2, -0.15) is 0 Å². The summed E-state index contributed by atoms with van der Waals surface area (Å²) in [6, 6.07) is 0. The molecule has 4 aliphatic carbocycles. The van der Waals surface area contributed by atoms with Gasteiger partial charge in [-0.05, 0) is 97.7 Å². The molecule has 4 rings (SSSR count). The number of hydrogen-bond donors (Lipinski definition) is 2. The van der Waals surface area contributed by atoms with Crippen molar-refractivity contribution in [2.75, 3.05) is 14.1 Å². The Morgan fingerprint density at radius 3 is 2.62 bits per heavy atom. The fourth-order valence-corrected chi connectivity index (χ4v) is 9.32. The SMILES string of the molecule is CC(CCC[C@@H](C)[C@H]1CC[C@H]2[C@@H]3CC=C4C[C@@H](O)CC[C@]4(C)[C@H]3CC[C@]12C)CC(=O)NN(C)C. The van der Waals surface area contributed by atoms with E-state index in [2.05, 4.69) is 39.2 Å². The number of allylic oxidation sites excluding steroid dienone is 1. The highest BCUT2D eigenvalue weighted by Crippen LogP contribution is 2.67. The summed E-state index contributed by atoms with van der Waals surface area (Å²) in [6.07, 6.45) is 16.8. The number of nitrogens with zero attached hydrogens (tertiary/aromatic N) is 1. The highest BCUT2D eigenvalue weighted by molar-refractivity contribution is 5.75. The van der Waals surface area contributed by atoms with Crippen LogP contribution in [0.15, 0.2) is 11.6 Å². The summed E-state index contributed by atoms with van der Waals surface area (Å²) < 4.78 is 0. The molecule has 0 aromatic carbocycles. The number of hydrazine groups is 1. The van der Waals surface area contributed by atoms with Gasteiger partial charge in [-0.15, -0.1) is 0 Å². The molecule has 3 saturated carbocycles. The molecular weight excluding hydrogens is 420 g/mol. The largest absolute Gasteiger partial charge is 0.393 e. The van der Waals surface area contributed by atoms with E-state index in [-0.39, 0.29) is 12.0 Å². The summed E-state index contributed by atoms with van der Waals surface area (Å²) in [7, 11) is 3.74. The molecule has 0 saturated heterocycles. The summed E-state index contributed by atoms with van der Waals surface area (Å²) >= 11 is 0. The maximum absolute atomic E-state index is 12.0. The quantitative estimate of drug-likeness (QED) is 0.320. The molecule has 4 heteroatoms.